The molecule has 84 valence electrons. The van der Waals surface area contributed by atoms with Crippen molar-refractivity contribution in [2.24, 2.45) is 0 Å². The molecule has 0 radical (unpaired) electrons. The third-order valence-electron chi connectivity index (χ3n) is 2.57. The second-order valence-electron chi connectivity index (χ2n) is 4.02. The van der Waals surface area contributed by atoms with E-state index in [0.29, 0.717) is 11.6 Å². The Hall–Kier alpha value is -1.29. The van der Waals surface area contributed by atoms with Gasteiger partial charge in [0.25, 0.3) is 0 Å². The normalized spacial score (nSPS) is 11.2. The van der Waals surface area contributed by atoms with E-state index in [1.165, 1.54) is 0 Å². The molecule has 0 atom stereocenters. The first-order valence-corrected chi connectivity index (χ1v) is 5.83. The van der Waals surface area contributed by atoms with Crippen molar-refractivity contribution in [2.45, 2.75) is 19.9 Å². The number of hydrogen-bond acceptors (Lipinski definition) is 1. The molecule has 1 heterocycles. The molecule has 1 aromatic heterocycles. The quantitative estimate of drug-likeness (QED) is 0.912. The maximum absolute atomic E-state index is 10.9. The Labute approximate surface area is 102 Å². The molecule has 0 saturated carbocycles. The van der Waals surface area contributed by atoms with Crippen LogP contribution in [0.1, 0.15) is 30.2 Å². The second-order valence-corrected chi connectivity index (χ2v) is 4.87. The van der Waals surface area contributed by atoms with E-state index in [1.807, 2.05) is 12.3 Å². The molecule has 0 aliphatic rings. The van der Waals surface area contributed by atoms with Gasteiger partial charge in [-0.2, -0.15) is 0 Å². The van der Waals surface area contributed by atoms with Crippen LogP contribution in [0, 0.1) is 0 Å². The SMILES string of the molecule is CC(C)n1ccc2cc(C(=O)O)cc(Br)c21. The minimum atomic E-state index is -0.903. The Morgan fingerprint density at radius 3 is 2.69 bits per heavy atom. The summed E-state index contributed by atoms with van der Waals surface area (Å²) < 4.78 is 2.94. The Balaban J connectivity index is 2.73. The first-order chi connectivity index (χ1) is 7.50. The summed E-state index contributed by atoms with van der Waals surface area (Å²) in [5, 5.41) is 9.90. The maximum atomic E-state index is 10.9. The van der Waals surface area contributed by atoms with Crippen molar-refractivity contribution >= 4 is 32.8 Å². The molecule has 0 amide bonds. The van der Waals surface area contributed by atoms with Crippen molar-refractivity contribution in [3.05, 3.63) is 34.4 Å². The van der Waals surface area contributed by atoms with Crippen molar-refractivity contribution in [1.82, 2.24) is 4.57 Å². The molecule has 1 aromatic carbocycles. The number of rotatable bonds is 2. The van der Waals surface area contributed by atoms with Gasteiger partial charge in [-0.1, -0.05) is 0 Å². The molecule has 0 spiro atoms. The van der Waals surface area contributed by atoms with Gasteiger partial charge in [-0.15, -0.1) is 0 Å². The highest BCUT2D eigenvalue weighted by Gasteiger charge is 2.12. The predicted octanol–water partition coefficient (Wildman–Crippen LogP) is 3.68. The van der Waals surface area contributed by atoms with Gasteiger partial charge in [0.2, 0.25) is 0 Å². The molecule has 0 aliphatic carbocycles. The lowest BCUT2D eigenvalue weighted by Crippen LogP contribution is -2.00. The van der Waals surface area contributed by atoms with Gasteiger partial charge >= 0.3 is 5.97 Å². The zero-order valence-corrected chi connectivity index (χ0v) is 10.7. The first kappa shape index (κ1) is 11.2. The van der Waals surface area contributed by atoms with Crippen LogP contribution < -0.4 is 0 Å². The number of halogens is 1. The van der Waals surface area contributed by atoms with Gasteiger partial charge in [0.15, 0.2) is 0 Å². The molecule has 3 nitrogen and oxygen atoms in total. The van der Waals surface area contributed by atoms with E-state index in [1.54, 1.807) is 12.1 Å². The van der Waals surface area contributed by atoms with Gasteiger partial charge in [-0.25, -0.2) is 4.79 Å². The van der Waals surface area contributed by atoms with Crippen LogP contribution in [0.25, 0.3) is 10.9 Å². The third kappa shape index (κ3) is 1.73. The van der Waals surface area contributed by atoms with Gasteiger partial charge in [0.05, 0.1) is 11.1 Å². The van der Waals surface area contributed by atoms with Gasteiger partial charge in [-0.3, -0.25) is 0 Å². The molecule has 0 saturated heterocycles. The summed E-state index contributed by atoms with van der Waals surface area (Å²) in [6.07, 6.45) is 1.98. The molecule has 4 heteroatoms. The Bertz CT molecular complexity index is 557. The lowest BCUT2D eigenvalue weighted by molar-refractivity contribution is 0.0697. The molecule has 0 aliphatic heterocycles. The molecule has 0 unspecified atom stereocenters. The first-order valence-electron chi connectivity index (χ1n) is 5.04. The molecule has 1 N–H and O–H groups in total. The lowest BCUT2D eigenvalue weighted by atomic mass is 10.1. The van der Waals surface area contributed by atoms with E-state index in [9.17, 15) is 4.79 Å². The van der Waals surface area contributed by atoms with Crippen molar-refractivity contribution in [3.8, 4) is 0 Å². The monoisotopic (exact) mass is 281 g/mol. The molecular weight excluding hydrogens is 270 g/mol. The van der Waals surface area contributed by atoms with Gasteiger partial charge in [-0.05, 0) is 48.0 Å². The van der Waals surface area contributed by atoms with Crippen LogP contribution in [0.4, 0.5) is 0 Å². The molecule has 16 heavy (non-hydrogen) atoms. The number of carboxylic acid groups (broad SMARTS) is 1. The fourth-order valence-corrected chi connectivity index (χ4v) is 2.49. The van der Waals surface area contributed by atoms with E-state index in [4.69, 9.17) is 5.11 Å². The number of carbonyl (C=O) groups is 1. The smallest absolute Gasteiger partial charge is 0.335 e. The van der Waals surface area contributed by atoms with E-state index in [2.05, 4.69) is 34.3 Å². The zero-order valence-electron chi connectivity index (χ0n) is 9.07. The maximum Gasteiger partial charge on any atom is 0.335 e. The molecule has 2 rings (SSSR count). The minimum absolute atomic E-state index is 0.306. The summed E-state index contributed by atoms with van der Waals surface area (Å²) >= 11 is 3.43. The number of aromatic carboxylic acids is 1. The standard InChI is InChI=1S/C12H12BrNO2/c1-7(2)14-4-3-8-5-9(12(15)16)6-10(13)11(8)14/h3-7H,1-2H3,(H,15,16). The highest BCUT2D eigenvalue weighted by atomic mass is 79.9. The summed E-state index contributed by atoms with van der Waals surface area (Å²) in [4.78, 5) is 10.9. The van der Waals surface area contributed by atoms with Crippen molar-refractivity contribution in [1.29, 1.82) is 0 Å². The second kappa shape index (κ2) is 3.94. The summed E-state index contributed by atoms with van der Waals surface area (Å²) in [5.41, 5.74) is 1.35. The van der Waals surface area contributed by atoms with Gasteiger partial charge < -0.3 is 9.67 Å². The topological polar surface area (TPSA) is 42.2 Å². The highest BCUT2D eigenvalue weighted by Crippen LogP contribution is 2.29. The fourth-order valence-electron chi connectivity index (χ4n) is 1.81. The summed E-state index contributed by atoms with van der Waals surface area (Å²) in [6, 6.07) is 5.63. The Kier molecular flexibility index (Phi) is 2.76. The summed E-state index contributed by atoms with van der Waals surface area (Å²) in [5.74, 6) is -0.903. The number of aromatic nitrogens is 1. The van der Waals surface area contributed by atoms with Gasteiger partial charge in [0, 0.05) is 22.1 Å². The van der Waals surface area contributed by atoms with Crippen LogP contribution in [-0.2, 0) is 0 Å². The van der Waals surface area contributed by atoms with E-state index >= 15 is 0 Å². The summed E-state index contributed by atoms with van der Waals surface area (Å²) in [6.45, 7) is 4.19. The predicted molar refractivity (Wildman–Crippen MR) is 67.0 cm³/mol. The highest BCUT2D eigenvalue weighted by molar-refractivity contribution is 9.10. The average molecular weight is 282 g/mol. The van der Waals surface area contributed by atoms with E-state index < -0.39 is 5.97 Å². The molecule has 0 bridgehead atoms. The van der Waals surface area contributed by atoms with E-state index in [0.717, 1.165) is 15.4 Å². The lowest BCUT2D eigenvalue weighted by Gasteiger charge is -2.10. The van der Waals surface area contributed by atoms with Crippen LogP contribution >= 0.6 is 15.9 Å². The molecule has 2 aromatic rings. The van der Waals surface area contributed by atoms with Crippen LogP contribution in [0.15, 0.2) is 28.9 Å². The summed E-state index contributed by atoms with van der Waals surface area (Å²) in [7, 11) is 0. The largest absolute Gasteiger partial charge is 0.478 e. The number of fused-ring (bicyclic) bond motifs is 1. The number of hydrogen-bond donors (Lipinski definition) is 1. The van der Waals surface area contributed by atoms with Crippen LogP contribution in [0.2, 0.25) is 0 Å². The zero-order chi connectivity index (χ0) is 11.9. The Morgan fingerprint density at radius 2 is 2.12 bits per heavy atom. The van der Waals surface area contributed by atoms with Crippen LogP contribution in [0.3, 0.4) is 0 Å². The average Bonchev–Trinajstić information content (AvgIpc) is 2.61. The van der Waals surface area contributed by atoms with Crippen molar-refractivity contribution in [3.63, 3.8) is 0 Å². The number of carboxylic acids is 1. The fraction of sp³-hybridized carbons (Fsp3) is 0.250. The minimum Gasteiger partial charge on any atom is -0.478 e. The van der Waals surface area contributed by atoms with Crippen LogP contribution in [0.5, 0.6) is 0 Å². The van der Waals surface area contributed by atoms with Crippen molar-refractivity contribution < 1.29 is 9.90 Å². The van der Waals surface area contributed by atoms with E-state index in [-0.39, 0.29) is 0 Å². The third-order valence-corrected chi connectivity index (χ3v) is 3.17. The van der Waals surface area contributed by atoms with Crippen molar-refractivity contribution in [2.75, 3.05) is 0 Å². The Morgan fingerprint density at radius 1 is 1.44 bits per heavy atom. The number of benzene rings is 1. The number of nitrogens with zero attached hydrogens (tertiary/aromatic N) is 1. The molecule has 0 fully saturated rings. The molecular formula is C12H12BrNO2. The van der Waals surface area contributed by atoms with Gasteiger partial charge in [0.1, 0.15) is 0 Å². The van der Waals surface area contributed by atoms with Crippen LogP contribution in [-0.4, -0.2) is 15.6 Å².